The maximum atomic E-state index is 12.5. The molecule has 1 aromatic carbocycles. The molecule has 0 unspecified atom stereocenters. The lowest BCUT2D eigenvalue weighted by molar-refractivity contribution is 0.0603. The second-order valence-corrected chi connectivity index (χ2v) is 5.72. The number of carbonyl (C=O) groups is 2. The van der Waals surface area contributed by atoms with Gasteiger partial charge < -0.3 is 14.5 Å². The highest BCUT2D eigenvalue weighted by Gasteiger charge is 2.29. The third-order valence-electron chi connectivity index (χ3n) is 3.96. The minimum atomic E-state index is -0.277. The van der Waals surface area contributed by atoms with Crippen molar-refractivity contribution in [2.24, 2.45) is 0 Å². The Kier molecular flexibility index (Phi) is 5.66. The van der Waals surface area contributed by atoms with Gasteiger partial charge in [0, 0.05) is 26.2 Å². The average Bonchev–Trinajstić information content (AvgIpc) is 2.54. The van der Waals surface area contributed by atoms with Crippen LogP contribution in [0.15, 0.2) is 24.3 Å². The summed E-state index contributed by atoms with van der Waals surface area (Å²) in [5, 5.41) is 0.461. The van der Waals surface area contributed by atoms with Crippen molar-refractivity contribution in [3.8, 4) is 0 Å². The van der Waals surface area contributed by atoms with E-state index < -0.39 is 0 Å². The number of rotatable bonds is 3. The van der Waals surface area contributed by atoms with Crippen molar-refractivity contribution in [3.63, 3.8) is 0 Å². The first-order valence-electron chi connectivity index (χ1n) is 7.48. The number of halogens is 1. The molecule has 1 fully saturated rings. The molecule has 0 aromatic heterocycles. The predicted octanol–water partition coefficient (Wildman–Crippen LogP) is 3.03. The number of ether oxygens (including phenoxy) is 1. The molecular weight excluding hydrogens is 304 g/mol. The van der Waals surface area contributed by atoms with Crippen LogP contribution in [0.25, 0.3) is 0 Å². The first kappa shape index (κ1) is 16.6. The van der Waals surface area contributed by atoms with Gasteiger partial charge in [-0.05, 0) is 31.9 Å². The predicted molar refractivity (Wildman–Crippen MR) is 85.2 cm³/mol. The zero-order chi connectivity index (χ0) is 16.1. The summed E-state index contributed by atoms with van der Waals surface area (Å²) < 4.78 is 5.00. The topological polar surface area (TPSA) is 49.9 Å². The van der Waals surface area contributed by atoms with Gasteiger partial charge in [-0.1, -0.05) is 23.7 Å². The molecule has 120 valence electrons. The molecule has 0 saturated carbocycles. The summed E-state index contributed by atoms with van der Waals surface area (Å²) in [4.78, 5) is 27.6. The van der Waals surface area contributed by atoms with Crippen LogP contribution in [0.2, 0.25) is 5.02 Å². The number of hydrogen-bond acceptors (Lipinski definition) is 3. The summed E-state index contributed by atoms with van der Waals surface area (Å²) in [5.74, 6) is -0.0832. The molecular formula is C16H21ClN2O3. The lowest BCUT2D eigenvalue weighted by atomic mass is 10.0. The molecule has 0 radical (unpaired) electrons. The number of piperidine rings is 1. The Hall–Kier alpha value is -1.75. The van der Waals surface area contributed by atoms with E-state index >= 15 is 0 Å². The fourth-order valence-electron chi connectivity index (χ4n) is 2.64. The number of amides is 2. The minimum Gasteiger partial charge on any atom is -0.450 e. The van der Waals surface area contributed by atoms with Crippen LogP contribution in [0.4, 0.5) is 4.79 Å². The number of hydrogen-bond donors (Lipinski definition) is 0. The zero-order valence-corrected chi connectivity index (χ0v) is 13.7. The first-order valence-corrected chi connectivity index (χ1v) is 7.85. The van der Waals surface area contributed by atoms with Gasteiger partial charge in [-0.3, -0.25) is 4.79 Å². The molecule has 1 aromatic rings. The normalized spacial score (nSPS) is 15.5. The highest BCUT2D eigenvalue weighted by Crippen LogP contribution is 2.21. The van der Waals surface area contributed by atoms with E-state index in [9.17, 15) is 9.59 Å². The Morgan fingerprint density at radius 3 is 2.55 bits per heavy atom. The molecule has 6 heteroatoms. The third kappa shape index (κ3) is 3.71. The molecule has 22 heavy (non-hydrogen) atoms. The Morgan fingerprint density at radius 2 is 1.95 bits per heavy atom. The Morgan fingerprint density at radius 1 is 1.32 bits per heavy atom. The van der Waals surface area contributed by atoms with E-state index in [2.05, 4.69) is 0 Å². The van der Waals surface area contributed by atoms with Gasteiger partial charge in [0.1, 0.15) is 0 Å². The maximum Gasteiger partial charge on any atom is 0.409 e. The number of nitrogens with zero attached hydrogens (tertiary/aromatic N) is 2. The lowest BCUT2D eigenvalue weighted by Gasteiger charge is -2.36. The second-order valence-electron chi connectivity index (χ2n) is 5.31. The summed E-state index contributed by atoms with van der Waals surface area (Å²) in [7, 11) is 1.79. The number of carbonyl (C=O) groups excluding carboxylic acids is 2. The van der Waals surface area contributed by atoms with Crippen molar-refractivity contribution in [1.82, 2.24) is 9.80 Å². The molecule has 0 N–H and O–H groups in total. The Labute approximate surface area is 135 Å². The monoisotopic (exact) mass is 324 g/mol. The SMILES string of the molecule is CCOC(=O)N1CCC(N(C)C(=O)c2ccccc2Cl)CC1. The van der Waals surface area contributed by atoms with Crippen molar-refractivity contribution in [1.29, 1.82) is 0 Å². The second kappa shape index (κ2) is 7.49. The highest BCUT2D eigenvalue weighted by molar-refractivity contribution is 6.33. The van der Waals surface area contributed by atoms with Gasteiger partial charge >= 0.3 is 6.09 Å². The quantitative estimate of drug-likeness (QED) is 0.858. The number of benzene rings is 1. The van der Waals surface area contributed by atoms with Crippen molar-refractivity contribution >= 4 is 23.6 Å². The van der Waals surface area contributed by atoms with Crippen LogP contribution in [0.5, 0.6) is 0 Å². The van der Waals surface area contributed by atoms with E-state index in [1.807, 2.05) is 0 Å². The molecule has 0 spiro atoms. The van der Waals surface area contributed by atoms with Crippen LogP contribution in [-0.2, 0) is 4.74 Å². The van der Waals surface area contributed by atoms with Crippen LogP contribution in [0, 0.1) is 0 Å². The molecule has 1 saturated heterocycles. The van der Waals surface area contributed by atoms with E-state index in [4.69, 9.17) is 16.3 Å². The Bertz CT molecular complexity index is 542. The van der Waals surface area contributed by atoms with Gasteiger partial charge in [-0.2, -0.15) is 0 Å². The van der Waals surface area contributed by atoms with Crippen LogP contribution >= 0.6 is 11.6 Å². The van der Waals surface area contributed by atoms with Crippen LogP contribution in [-0.4, -0.2) is 54.6 Å². The van der Waals surface area contributed by atoms with Crippen molar-refractivity contribution < 1.29 is 14.3 Å². The molecule has 1 aliphatic rings. The van der Waals surface area contributed by atoms with Crippen LogP contribution in [0.3, 0.4) is 0 Å². The summed E-state index contributed by atoms with van der Waals surface area (Å²) in [5.41, 5.74) is 0.513. The summed E-state index contributed by atoms with van der Waals surface area (Å²) in [6, 6.07) is 7.16. The largest absolute Gasteiger partial charge is 0.450 e. The molecule has 0 atom stereocenters. The Balaban J connectivity index is 1.95. The highest BCUT2D eigenvalue weighted by atomic mass is 35.5. The molecule has 1 aliphatic heterocycles. The smallest absolute Gasteiger partial charge is 0.409 e. The molecule has 5 nitrogen and oxygen atoms in total. The van der Waals surface area contributed by atoms with Gasteiger partial charge in [0.2, 0.25) is 0 Å². The van der Waals surface area contributed by atoms with Crippen molar-refractivity contribution in [2.45, 2.75) is 25.8 Å². The fraction of sp³-hybridized carbons (Fsp3) is 0.500. The molecule has 0 aliphatic carbocycles. The van der Waals surface area contributed by atoms with Crippen LogP contribution in [0.1, 0.15) is 30.1 Å². The molecule has 1 heterocycles. The lowest BCUT2D eigenvalue weighted by Crippen LogP contribution is -2.47. The summed E-state index contributed by atoms with van der Waals surface area (Å²) >= 11 is 6.08. The van der Waals surface area contributed by atoms with E-state index in [1.165, 1.54) is 0 Å². The minimum absolute atomic E-state index is 0.0832. The van der Waals surface area contributed by atoms with E-state index in [1.54, 1.807) is 48.0 Å². The average molecular weight is 325 g/mol. The first-order chi connectivity index (χ1) is 10.5. The van der Waals surface area contributed by atoms with Gasteiger partial charge in [0.15, 0.2) is 0 Å². The zero-order valence-electron chi connectivity index (χ0n) is 12.9. The van der Waals surface area contributed by atoms with E-state index in [0.717, 1.165) is 12.8 Å². The van der Waals surface area contributed by atoms with Gasteiger partial charge in [-0.15, -0.1) is 0 Å². The molecule has 2 rings (SSSR count). The number of likely N-dealkylation sites (tertiary alicyclic amines) is 1. The standard InChI is InChI=1S/C16H21ClN2O3/c1-3-22-16(21)19-10-8-12(9-11-19)18(2)15(20)13-6-4-5-7-14(13)17/h4-7,12H,3,8-11H2,1-2H3. The van der Waals surface area contributed by atoms with Crippen molar-refractivity contribution in [3.05, 3.63) is 34.9 Å². The van der Waals surface area contributed by atoms with Gasteiger partial charge in [0.05, 0.1) is 17.2 Å². The van der Waals surface area contributed by atoms with E-state index in [-0.39, 0.29) is 18.0 Å². The van der Waals surface area contributed by atoms with Gasteiger partial charge in [-0.25, -0.2) is 4.79 Å². The molecule has 2 amide bonds. The van der Waals surface area contributed by atoms with Crippen molar-refractivity contribution in [2.75, 3.05) is 26.7 Å². The fourth-order valence-corrected chi connectivity index (χ4v) is 2.86. The summed E-state index contributed by atoms with van der Waals surface area (Å²) in [6.45, 7) is 3.37. The third-order valence-corrected chi connectivity index (χ3v) is 4.29. The summed E-state index contributed by atoms with van der Waals surface area (Å²) in [6.07, 6.45) is 1.21. The van der Waals surface area contributed by atoms with Crippen LogP contribution < -0.4 is 0 Å². The van der Waals surface area contributed by atoms with Gasteiger partial charge in [0.25, 0.3) is 5.91 Å². The molecule has 0 bridgehead atoms. The maximum absolute atomic E-state index is 12.5. The van der Waals surface area contributed by atoms with E-state index in [0.29, 0.717) is 30.3 Å².